The van der Waals surface area contributed by atoms with E-state index in [-0.39, 0.29) is 16.3 Å². The van der Waals surface area contributed by atoms with Gasteiger partial charge < -0.3 is 9.47 Å². The van der Waals surface area contributed by atoms with Gasteiger partial charge in [0.05, 0.1) is 23.8 Å². The molecule has 0 heterocycles. The van der Waals surface area contributed by atoms with E-state index in [0.29, 0.717) is 11.6 Å². The van der Waals surface area contributed by atoms with E-state index in [1.54, 1.807) is 12.1 Å². The number of esters is 1. The molecule has 0 atom stereocenters. The molecule has 0 fully saturated rings. The third kappa shape index (κ3) is 4.59. The third-order valence-electron chi connectivity index (χ3n) is 2.70. The first-order chi connectivity index (χ1) is 9.11. The Hall–Kier alpha value is -0.930. The molecule has 0 saturated carbocycles. The van der Waals surface area contributed by atoms with Gasteiger partial charge in [-0.05, 0) is 18.6 Å². The highest BCUT2D eigenvalue weighted by molar-refractivity contribution is 6.37. The molecular weight excluding hydrogens is 287 g/mol. The van der Waals surface area contributed by atoms with Gasteiger partial charge in [0, 0.05) is 0 Å². The zero-order valence-corrected chi connectivity index (χ0v) is 12.7. The van der Waals surface area contributed by atoms with Crippen molar-refractivity contribution in [3.8, 4) is 5.75 Å². The molecule has 0 N–H and O–H groups in total. The van der Waals surface area contributed by atoms with Crippen molar-refractivity contribution < 1.29 is 14.3 Å². The summed E-state index contributed by atoms with van der Waals surface area (Å²) in [5.41, 5.74) is 0.187. The average molecular weight is 305 g/mol. The van der Waals surface area contributed by atoms with Crippen LogP contribution in [0.1, 0.15) is 43.0 Å². The van der Waals surface area contributed by atoms with Crippen LogP contribution in [0, 0.1) is 0 Å². The number of methoxy groups -OCH3 is 1. The topological polar surface area (TPSA) is 35.5 Å². The minimum absolute atomic E-state index is 0.187. The first-order valence-corrected chi connectivity index (χ1v) is 7.06. The molecule has 19 heavy (non-hydrogen) atoms. The summed E-state index contributed by atoms with van der Waals surface area (Å²) in [7, 11) is 1.44. The van der Waals surface area contributed by atoms with Crippen LogP contribution in [0.15, 0.2) is 12.1 Å². The predicted molar refractivity (Wildman–Crippen MR) is 77.4 cm³/mol. The van der Waals surface area contributed by atoms with E-state index in [1.165, 1.54) is 7.11 Å². The van der Waals surface area contributed by atoms with Crippen LogP contribution in [0.4, 0.5) is 0 Å². The fourth-order valence-corrected chi connectivity index (χ4v) is 2.15. The third-order valence-corrected chi connectivity index (χ3v) is 3.31. The van der Waals surface area contributed by atoms with Gasteiger partial charge in [0.1, 0.15) is 5.56 Å². The lowest BCUT2D eigenvalue weighted by Crippen LogP contribution is -2.09. The lowest BCUT2D eigenvalue weighted by molar-refractivity contribution is 0.0494. The molecule has 5 heteroatoms. The first-order valence-electron chi connectivity index (χ1n) is 6.31. The minimum Gasteiger partial charge on any atom is -0.494 e. The summed E-state index contributed by atoms with van der Waals surface area (Å²) in [4.78, 5) is 12.0. The zero-order valence-electron chi connectivity index (χ0n) is 11.2. The lowest BCUT2D eigenvalue weighted by Gasteiger charge is -2.11. The maximum atomic E-state index is 12.0. The van der Waals surface area contributed by atoms with Crippen molar-refractivity contribution in [3.05, 3.63) is 27.7 Å². The molecule has 0 saturated heterocycles. The summed E-state index contributed by atoms with van der Waals surface area (Å²) in [6.07, 6.45) is 4.17. The number of hydrogen-bond acceptors (Lipinski definition) is 3. The summed E-state index contributed by atoms with van der Waals surface area (Å²) in [6, 6.07) is 3.14. The van der Waals surface area contributed by atoms with Crippen LogP contribution >= 0.6 is 23.2 Å². The molecule has 0 aliphatic rings. The van der Waals surface area contributed by atoms with E-state index in [1.807, 2.05) is 0 Å². The zero-order chi connectivity index (χ0) is 14.3. The van der Waals surface area contributed by atoms with Crippen LogP contribution in [-0.4, -0.2) is 19.7 Å². The quantitative estimate of drug-likeness (QED) is 0.539. The van der Waals surface area contributed by atoms with Crippen LogP contribution in [0.2, 0.25) is 10.0 Å². The van der Waals surface area contributed by atoms with E-state index in [9.17, 15) is 4.79 Å². The molecule has 0 bridgehead atoms. The van der Waals surface area contributed by atoms with Gasteiger partial charge in [-0.2, -0.15) is 0 Å². The average Bonchev–Trinajstić information content (AvgIpc) is 2.40. The van der Waals surface area contributed by atoms with E-state index in [4.69, 9.17) is 32.7 Å². The molecule has 0 unspecified atom stereocenters. The van der Waals surface area contributed by atoms with Crippen molar-refractivity contribution in [1.82, 2.24) is 0 Å². The van der Waals surface area contributed by atoms with E-state index in [0.717, 1.165) is 25.7 Å². The Kier molecular flexibility index (Phi) is 7.03. The number of benzene rings is 1. The van der Waals surface area contributed by atoms with Crippen molar-refractivity contribution >= 4 is 29.2 Å². The summed E-state index contributed by atoms with van der Waals surface area (Å²) in [6.45, 7) is 2.51. The molecule has 106 valence electrons. The van der Waals surface area contributed by atoms with E-state index < -0.39 is 5.97 Å². The molecule has 0 spiro atoms. The fraction of sp³-hybridized carbons (Fsp3) is 0.500. The lowest BCUT2D eigenvalue weighted by atomic mass is 10.2. The molecule has 0 radical (unpaired) electrons. The highest BCUT2D eigenvalue weighted by atomic mass is 35.5. The van der Waals surface area contributed by atoms with Gasteiger partial charge in [-0.1, -0.05) is 49.4 Å². The molecule has 0 aliphatic carbocycles. The highest BCUT2D eigenvalue weighted by Gasteiger charge is 2.20. The molecular formula is C14H18Cl2O3. The number of carbonyl (C=O) groups excluding carboxylic acids is 1. The van der Waals surface area contributed by atoms with Gasteiger partial charge in [0.25, 0.3) is 0 Å². The summed E-state index contributed by atoms with van der Waals surface area (Å²) >= 11 is 12.0. The Balaban J connectivity index is 2.68. The van der Waals surface area contributed by atoms with Crippen LogP contribution in [-0.2, 0) is 4.74 Å². The molecule has 1 rings (SSSR count). The van der Waals surface area contributed by atoms with Crippen LogP contribution in [0.5, 0.6) is 5.75 Å². The normalized spacial score (nSPS) is 10.3. The van der Waals surface area contributed by atoms with Gasteiger partial charge in [0.15, 0.2) is 5.75 Å². The van der Waals surface area contributed by atoms with Crippen molar-refractivity contribution in [2.75, 3.05) is 13.7 Å². The number of ether oxygens (including phenoxy) is 2. The standard InChI is InChI=1S/C14H18Cl2O3/c1-3-4-5-6-9-19-14(17)12-10(15)7-8-11(16)13(12)18-2/h7-8H,3-6,9H2,1-2H3. The van der Waals surface area contributed by atoms with Crippen molar-refractivity contribution in [2.45, 2.75) is 32.6 Å². The van der Waals surface area contributed by atoms with Gasteiger partial charge in [0.2, 0.25) is 0 Å². The smallest absolute Gasteiger partial charge is 0.343 e. The maximum Gasteiger partial charge on any atom is 0.343 e. The summed E-state index contributed by atoms with van der Waals surface area (Å²) in [5, 5.41) is 0.615. The molecule has 0 aliphatic heterocycles. The van der Waals surface area contributed by atoms with Gasteiger partial charge in [-0.3, -0.25) is 0 Å². The van der Waals surface area contributed by atoms with Crippen LogP contribution in [0.25, 0.3) is 0 Å². The first kappa shape index (κ1) is 16.1. The predicted octanol–water partition coefficient (Wildman–Crippen LogP) is 4.74. The number of hydrogen-bond donors (Lipinski definition) is 0. The summed E-state index contributed by atoms with van der Waals surface area (Å²) < 4.78 is 10.3. The molecule has 0 aromatic heterocycles. The molecule has 0 amide bonds. The van der Waals surface area contributed by atoms with Gasteiger partial charge >= 0.3 is 5.97 Å². The van der Waals surface area contributed by atoms with E-state index in [2.05, 4.69) is 6.92 Å². The fourth-order valence-electron chi connectivity index (χ4n) is 1.69. The van der Waals surface area contributed by atoms with E-state index >= 15 is 0 Å². The molecule has 1 aromatic carbocycles. The number of carbonyl (C=O) groups is 1. The SMILES string of the molecule is CCCCCCOC(=O)c1c(Cl)ccc(Cl)c1OC. The Morgan fingerprint density at radius 2 is 1.84 bits per heavy atom. The largest absolute Gasteiger partial charge is 0.494 e. The maximum absolute atomic E-state index is 12.0. The molecule has 3 nitrogen and oxygen atoms in total. The number of halogens is 2. The Morgan fingerprint density at radius 1 is 1.16 bits per heavy atom. The Labute approximate surface area is 123 Å². The van der Waals surface area contributed by atoms with Crippen LogP contribution in [0.3, 0.4) is 0 Å². The summed E-state index contributed by atoms with van der Waals surface area (Å²) in [5.74, 6) is -0.242. The Bertz CT molecular complexity index is 433. The highest BCUT2D eigenvalue weighted by Crippen LogP contribution is 2.34. The van der Waals surface area contributed by atoms with Crippen LogP contribution < -0.4 is 4.74 Å². The second-order valence-corrected chi connectivity index (χ2v) is 4.95. The molecule has 1 aromatic rings. The number of rotatable bonds is 7. The van der Waals surface area contributed by atoms with Crippen molar-refractivity contribution in [3.63, 3.8) is 0 Å². The second-order valence-electron chi connectivity index (χ2n) is 4.13. The van der Waals surface area contributed by atoms with Crippen molar-refractivity contribution in [1.29, 1.82) is 0 Å². The van der Waals surface area contributed by atoms with Gasteiger partial charge in [-0.25, -0.2) is 4.79 Å². The second kappa shape index (κ2) is 8.28. The monoisotopic (exact) mass is 304 g/mol. The van der Waals surface area contributed by atoms with Gasteiger partial charge in [-0.15, -0.1) is 0 Å². The number of unbranched alkanes of at least 4 members (excludes halogenated alkanes) is 3. The minimum atomic E-state index is -0.499. The Morgan fingerprint density at radius 3 is 2.47 bits per heavy atom. The van der Waals surface area contributed by atoms with Crippen molar-refractivity contribution in [2.24, 2.45) is 0 Å².